The van der Waals surface area contributed by atoms with E-state index in [0.29, 0.717) is 43.6 Å². The number of nitrogens with one attached hydrogen (secondary N) is 1. The molecule has 1 fully saturated rings. The van der Waals surface area contributed by atoms with Crippen molar-refractivity contribution in [3.63, 3.8) is 0 Å². The molecule has 4 atom stereocenters. The number of carbonyl (C=O) groups excluding carboxylic acids is 2. The molecular formula is C21H29NO5. The zero-order valence-electron chi connectivity index (χ0n) is 15.9. The SMILES string of the molecule is CNC(=O)[C@]1(O)CC/C=C/[C@H](OC(=O)OCC2C3CCC#CCCC32)CC1. The summed E-state index contributed by atoms with van der Waals surface area (Å²) in [4.78, 5) is 24.0. The van der Waals surface area contributed by atoms with Gasteiger partial charge in [-0.1, -0.05) is 6.08 Å². The lowest BCUT2D eigenvalue weighted by Gasteiger charge is -2.28. The molecule has 0 radical (unpaired) electrons. The Kier molecular flexibility index (Phi) is 6.43. The quantitative estimate of drug-likeness (QED) is 0.448. The molecule has 0 spiro atoms. The van der Waals surface area contributed by atoms with Crippen LogP contribution in [-0.4, -0.2) is 42.5 Å². The fourth-order valence-corrected chi connectivity index (χ4v) is 4.33. The number of hydrogen-bond acceptors (Lipinski definition) is 5. The first-order valence-electron chi connectivity index (χ1n) is 9.94. The standard InChI is InChI=1S/C21H29NO5/c1-22-19(23)21(25)12-7-6-8-15(11-13-21)27-20(24)26-14-18-16-9-4-2-3-5-10-17(16)18/h6,8,15-18,25H,4-5,7,9-14H2,1H3,(H,22,23)/b8-6+/t15-,16?,17?,18?,21-/m0/s1. The number of rotatable bonds is 4. The van der Waals surface area contributed by atoms with Gasteiger partial charge < -0.3 is 19.9 Å². The highest BCUT2D eigenvalue weighted by Crippen LogP contribution is 2.52. The van der Waals surface area contributed by atoms with Crippen molar-refractivity contribution < 1.29 is 24.2 Å². The fraction of sp³-hybridized carbons (Fsp3) is 0.714. The van der Waals surface area contributed by atoms with Crippen LogP contribution in [0, 0.1) is 29.6 Å². The minimum Gasteiger partial charge on any atom is -0.434 e. The van der Waals surface area contributed by atoms with Gasteiger partial charge in [-0.25, -0.2) is 4.79 Å². The van der Waals surface area contributed by atoms with Crippen molar-refractivity contribution >= 4 is 12.1 Å². The van der Waals surface area contributed by atoms with Gasteiger partial charge in [-0.15, -0.1) is 11.8 Å². The third kappa shape index (κ3) is 5.04. The maximum atomic E-state index is 12.1. The van der Waals surface area contributed by atoms with Crippen LogP contribution in [0.25, 0.3) is 0 Å². The molecule has 0 aromatic carbocycles. The third-order valence-corrected chi connectivity index (χ3v) is 6.05. The van der Waals surface area contributed by atoms with Crippen LogP contribution in [0.5, 0.6) is 0 Å². The van der Waals surface area contributed by atoms with E-state index < -0.39 is 23.8 Å². The molecular weight excluding hydrogens is 346 g/mol. The van der Waals surface area contributed by atoms with Gasteiger partial charge in [0.1, 0.15) is 11.7 Å². The van der Waals surface area contributed by atoms with E-state index in [-0.39, 0.29) is 6.42 Å². The molecule has 0 saturated heterocycles. The van der Waals surface area contributed by atoms with Crippen molar-refractivity contribution in [1.82, 2.24) is 5.32 Å². The number of amides is 1. The van der Waals surface area contributed by atoms with Gasteiger partial charge >= 0.3 is 6.16 Å². The summed E-state index contributed by atoms with van der Waals surface area (Å²) in [5.41, 5.74) is -1.42. The number of allylic oxidation sites excluding steroid dienone is 1. The average Bonchev–Trinajstić information content (AvgIpc) is 3.28. The molecule has 6 nitrogen and oxygen atoms in total. The van der Waals surface area contributed by atoms with Gasteiger partial charge in [-0.05, 0) is 62.4 Å². The van der Waals surface area contributed by atoms with Crippen molar-refractivity contribution in [3.8, 4) is 11.8 Å². The summed E-state index contributed by atoms with van der Waals surface area (Å²) in [5, 5.41) is 13.0. The van der Waals surface area contributed by atoms with Gasteiger partial charge in [-0.2, -0.15) is 0 Å². The highest BCUT2D eigenvalue weighted by atomic mass is 16.7. The Morgan fingerprint density at radius 1 is 1.19 bits per heavy atom. The van der Waals surface area contributed by atoms with Crippen molar-refractivity contribution in [3.05, 3.63) is 12.2 Å². The Hall–Kier alpha value is -2.00. The van der Waals surface area contributed by atoms with Crippen molar-refractivity contribution in [2.45, 2.75) is 63.1 Å². The van der Waals surface area contributed by atoms with Crippen molar-refractivity contribution in [1.29, 1.82) is 0 Å². The van der Waals surface area contributed by atoms with E-state index in [0.717, 1.165) is 25.7 Å². The van der Waals surface area contributed by atoms with E-state index in [4.69, 9.17) is 9.47 Å². The van der Waals surface area contributed by atoms with E-state index in [2.05, 4.69) is 17.2 Å². The molecule has 2 unspecified atom stereocenters. The lowest BCUT2D eigenvalue weighted by Crippen LogP contribution is -2.46. The molecule has 3 rings (SSSR count). The molecule has 0 aromatic rings. The highest BCUT2D eigenvalue weighted by molar-refractivity contribution is 5.84. The summed E-state index contributed by atoms with van der Waals surface area (Å²) in [6.07, 6.45) is 8.05. The van der Waals surface area contributed by atoms with Crippen LogP contribution >= 0.6 is 0 Å². The van der Waals surface area contributed by atoms with Crippen LogP contribution < -0.4 is 5.32 Å². The minimum atomic E-state index is -1.42. The van der Waals surface area contributed by atoms with Crippen molar-refractivity contribution in [2.24, 2.45) is 17.8 Å². The van der Waals surface area contributed by atoms with Gasteiger partial charge in [0.15, 0.2) is 0 Å². The summed E-state index contributed by atoms with van der Waals surface area (Å²) in [6.45, 7) is 0.396. The summed E-state index contributed by atoms with van der Waals surface area (Å²) >= 11 is 0. The van der Waals surface area contributed by atoms with Crippen molar-refractivity contribution in [2.75, 3.05) is 13.7 Å². The van der Waals surface area contributed by atoms with E-state index in [1.165, 1.54) is 7.05 Å². The Bertz CT molecular complexity index is 631. The first kappa shape index (κ1) is 19.8. The predicted octanol–water partition coefficient (Wildman–Crippen LogP) is 2.56. The normalized spacial score (nSPS) is 36.2. The van der Waals surface area contributed by atoms with E-state index in [1.807, 2.05) is 12.2 Å². The molecule has 148 valence electrons. The Morgan fingerprint density at radius 2 is 1.89 bits per heavy atom. The van der Waals surface area contributed by atoms with Crippen LogP contribution in [0.1, 0.15) is 51.4 Å². The van der Waals surface area contributed by atoms with Gasteiger partial charge in [0.25, 0.3) is 5.91 Å². The predicted molar refractivity (Wildman–Crippen MR) is 99.6 cm³/mol. The number of fused-ring (bicyclic) bond motifs is 1. The van der Waals surface area contributed by atoms with Crippen LogP contribution in [0.4, 0.5) is 4.79 Å². The number of hydrogen-bond donors (Lipinski definition) is 2. The first-order chi connectivity index (χ1) is 13.0. The van der Waals surface area contributed by atoms with Crippen LogP contribution in [0.2, 0.25) is 0 Å². The van der Waals surface area contributed by atoms with E-state index >= 15 is 0 Å². The smallest absolute Gasteiger partial charge is 0.434 e. The number of carbonyl (C=O) groups is 2. The number of likely N-dealkylation sites (N-methyl/N-ethyl adjacent to an activating group) is 1. The lowest BCUT2D eigenvalue weighted by molar-refractivity contribution is -0.141. The molecule has 0 aromatic heterocycles. The Labute approximate surface area is 160 Å². The molecule has 3 aliphatic carbocycles. The molecule has 1 amide bonds. The second-order valence-corrected chi connectivity index (χ2v) is 7.76. The Balaban J connectivity index is 1.44. The molecule has 0 bridgehead atoms. The molecule has 0 heterocycles. The lowest BCUT2D eigenvalue weighted by atomic mass is 9.88. The highest BCUT2D eigenvalue weighted by Gasteiger charge is 2.49. The van der Waals surface area contributed by atoms with Gasteiger partial charge in [0.2, 0.25) is 0 Å². The van der Waals surface area contributed by atoms with Gasteiger partial charge in [-0.3, -0.25) is 4.79 Å². The molecule has 1 saturated carbocycles. The Morgan fingerprint density at radius 3 is 2.56 bits per heavy atom. The first-order valence-corrected chi connectivity index (χ1v) is 9.94. The molecule has 6 heteroatoms. The minimum absolute atomic E-state index is 0.238. The summed E-state index contributed by atoms with van der Waals surface area (Å²) in [7, 11) is 1.51. The third-order valence-electron chi connectivity index (χ3n) is 6.05. The van der Waals surface area contributed by atoms with Gasteiger partial charge in [0, 0.05) is 19.9 Å². The van der Waals surface area contributed by atoms with E-state index in [1.54, 1.807) is 0 Å². The maximum absolute atomic E-state index is 12.1. The van der Waals surface area contributed by atoms with Crippen LogP contribution in [-0.2, 0) is 14.3 Å². The molecule has 2 N–H and O–H groups in total. The molecule has 3 aliphatic rings. The summed E-state index contributed by atoms with van der Waals surface area (Å²) in [6, 6.07) is 0. The van der Waals surface area contributed by atoms with Crippen LogP contribution in [0.3, 0.4) is 0 Å². The maximum Gasteiger partial charge on any atom is 0.508 e. The number of ether oxygens (including phenoxy) is 2. The largest absolute Gasteiger partial charge is 0.508 e. The van der Waals surface area contributed by atoms with Crippen LogP contribution in [0.15, 0.2) is 12.2 Å². The summed E-state index contributed by atoms with van der Waals surface area (Å²) in [5.74, 6) is 7.62. The van der Waals surface area contributed by atoms with Gasteiger partial charge in [0.05, 0.1) is 6.61 Å². The summed E-state index contributed by atoms with van der Waals surface area (Å²) < 4.78 is 10.8. The fourth-order valence-electron chi connectivity index (χ4n) is 4.33. The second kappa shape index (κ2) is 8.79. The molecule has 0 aliphatic heterocycles. The zero-order chi connectivity index (χ0) is 19.3. The number of aliphatic hydroxyl groups is 1. The van der Waals surface area contributed by atoms with E-state index in [9.17, 15) is 14.7 Å². The zero-order valence-corrected chi connectivity index (χ0v) is 15.9. The second-order valence-electron chi connectivity index (χ2n) is 7.76. The molecule has 27 heavy (non-hydrogen) atoms. The topological polar surface area (TPSA) is 84.9 Å². The average molecular weight is 375 g/mol. The monoisotopic (exact) mass is 375 g/mol.